The highest BCUT2D eigenvalue weighted by atomic mass is 35.5. The second-order valence-corrected chi connectivity index (χ2v) is 4.07. The molecule has 0 radical (unpaired) electrons. The molecular formula is C12H15ClF2N2O2. The maximum Gasteiger partial charge on any atom is 0.387 e. The molecule has 0 bridgehead atoms. The Kier molecular flexibility index (Phi) is 5.98. The monoisotopic (exact) mass is 292 g/mol. The van der Waals surface area contributed by atoms with Crippen molar-refractivity contribution in [2.75, 3.05) is 13.1 Å². The van der Waals surface area contributed by atoms with Crippen LogP contribution in [0.3, 0.4) is 0 Å². The van der Waals surface area contributed by atoms with Gasteiger partial charge in [-0.15, -0.1) is 12.4 Å². The van der Waals surface area contributed by atoms with Gasteiger partial charge in [-0.1, -0.05) is 0 Å². The fourth-order valence-electron chi connectivity index (χ4n) is 1.83. The van der Waals surface area contributed by atoms with Crippen LogP contribution in [0.15, 0.2) is 24.3 Å². The minimum atomic E-state index is -2.85. The zero-order chi connectivity index (χ0) is 13.0. The van der Waals surface area contributed by atoms with E-state index in [2.05, 4.69) is 15.4 Å². The van der Waals surface area contributed by atoms with E-state index in [1.807, 2.05) is 0 Å². The van der Waals surface area contributed by atoms with Crippen LogP contribution >= 0.6 is 12.4 Å². The molecule has 1 amide bonds. The SMILES string of the molecule is Cl.O=C(NC1CCNC1)c1ccc(OC(F)F)cc1. The Morgan fingerprint density at radius 2 is 2.05 bits per heavy atom. The number of amides is 1. The van der Waals surface area contributed by atoms with Crippen LogP contribution in [-0.2, 0) is 0 Å². The molecule has 0 aromatic heterocycles. The lowest BCUT2D eigenvalue weighted by atomic mass is 10.2. The van der Waals surface area contributed by atoms with Gasteiger partial charge in [-0.25, -0.2) is 0 Å². The van der Waals surface area contributed by atoms with Gasteiger partial charge in [-0.3, -0.25) is 4.79 Å². The summed E-state index contributed by atoms with van der Waals surface area (Å²) in [5.74, 6) is -0.156. The van der Waals surface area contributed by atoms with E-state index >= 15 is 0 Å². The predicted octanol–water partition coefficient (Wildman–Crippen LogP) is 1.80. The fourth-order valence-corrected chi connectivity index (χ4v) is 1.83. The quantitative estimate of drug-likeness (QED) is 0.890. The molecule has 1 heterocycles. The highest BCUT2D eigenvalue weighted by molar-refractivity contribution is 5.94. The Morgan fingerprint density at radius 1 is 1.37 bits per heavy atom. The molecule has 2 rings (SSSR count). The first-order valence-corrected chi connectivity index (χ1v) is 5.71. The average molecular weight is 293 g/mol. The zero-order valence-corrected chi connectivity index (χ0v) is 10.9. The van der Waals surface area contributed by atoms with Crippen LogP contribution in [0.4, 0.5) is 8.78 Å². The van der Waals surface area contributed by atoms with Crippen molar-refractivity contribution >= 4 is 18.3 Å². The molecule has 1 saturated heterocycles. The number of carbonyl (C=O) groups excluding carboxylic acids is 1. The Morgan fingerprint density at radius 3 is 2.58 bits per heavy atom. The summed E-state index contributed by atoms with van der Waals surface area (Å²) in [7, 11) is 0. The first kappa shape index (κ1) is 15.7. The number of ether oxygens (including phenoxy) is 1. The molecule has 19 heavy (non-hydrogen) atoms. The molecule has 2 N–H and O–H groups in total. The maximum atomic E-state index is 11.9. The van der Waals surface area contributed by atoms with Crippen LogP contribution in [0.25, 0.3) is 0 Å². The van der Waals surface area contributed by atoms with Crippen molar-refractivity contribution < 1.29 is 18.3 Å². The van der Waals surface area contributed by atoms with Crippen molar-refractivity contribution in [3.05, 3.63) is 29.8 Å². The first-order valence-electron chi connectivity index (χ1n) is 5.71. The average Bonchev–Trinajstić information content (AvgIpc) is 2.82. The highest BCUT2D eigenvalue weighted by Crippen LogP contribution is 2.15. The molecule has 0 spiro atoms. The second-order valence-electron chi connectivity index (χ2n) is 4.07. The standard InChI is InChI=1S/C12H14F2N2O2.ClH/c13-12(14)18-10-3-1-8(2-4-10)11(17)16-9-5-6-15-7-9;/h1-4,9,12,15H,5-7H2,(H,16,17);1H. The molecule has 4 nitrogen and oxygen atoms in total. The summed E-state index contributed by atoms with van der Waals surface area (Å²) < 4.78 is 28.1. The number of nitrogens with one attached hydrogen (secondary N) is 2. The Labute approximate surface area is 115 Å². The topological polar surface area (TPSA) is 50.4 Å². The number of halogens is 3. The molecule has 1 aromatic carbocycles. The second kappa shape index (κ2) is 7.25. The molecule has 1 aliphatic rings. The summed E-state index contributed by atoms with van der Waals surface area (Å²) in [6.45, 7) is -1.20. The van der Waals surface area contributed by atoms with Crippen molar-refractivity contribution in [1.29, 1.82) is 0 Å². The summed E-state index contributed by atoms with van der Waals surface area (Å²) in [5, 5.41) is 6.01. The van der Waals surface area contributed by atoms with Crippen molar-refractivity contribution in [3.8, 4) is 5.75 Å². The van der Waals surface area contributed by atoms with Crippen molar-refractivity contribution in [2.45, 2.75) is 19.1 Å². The molecule has 1 fully saturated rings. The number of rotatable bonds is 4. The number of hydrogen-bond donors (Lipinski definition) is 2. The lowest BCUT2D eigenvalue weighted by Gasteiger charge is -2.11. The molecule has 0 aliphatic carbocycles. The van der Waals surface area contributed by atoms with Gasteiger partial charge in [0.2, 0.25) is 0 Å². The van der Waals surface area contributed by atoms with Crippen LogP contribution in [0.5, 0.6) is 5.75 Å². The highest BCUT2D eigenvalue weighted by Gasteiger charge is 2.17. The molecule has 1 atom stereocenters. The summed E-state index contributed by atoms with van der Waals surface area (Å²) in [4.78, 5) is 11.8. The van der Waals surface area contributed by atoms with E-state index in [0.29, 0.717) is 5.56 Å². The van der Waals surface area contributed by atoms with E-state index in [4.69, 9.17) is 0 Å². The van der Waals surface area contributed by atoms with Gasteiger partial charge in [-0.05, 0) is 37.2 Å². The fraction of sp³-hybridized carbons (Fsp3) is 0.417. The summed E-state index contributed by atoms with van der Waals surface area (Å²) in [5.41, 5.74) is 0.434. The van der Waals surface area contributed by atoms with Crippen LogP contribution in [0, 0.1) is 0 Å². The van der Waals surface area contributed by atoms with Gasteiger partial charge in [0.25, 0.3) is 5.91 Å². The van der Waals surface area contributed by atoms with Gasteiger partial charge >= 0.3 is 6.61 Å². The molecule has 1 aromatic rings. The van der Waals surface area contributed by atoms with Gasteiger partial charge < -0.3 is 15.4 Å². The van der Waals surface area contributed by atoms with E-state index < -0.39 is 6.61 Å². The third-order valence-electron chi connectivity index (χ3n) is 2.74. The van der Waals surface area contributed by atoms with Crippen molar-refractivity contribution in [2.24, 2.45) is 0 Å². The number of hydrogen-bond acceptors (Lipinski definition) is 3. The van der Waals surface area contributed by atoms with E-state index in [1.165, 1.54) is 24.3 Å². The molecule has 0 saturated carbocycles. The third-order valence-corrected chi connectivity index (χ3v) is 2.74. The third kappa shape index (κ3) is 4.65. The van der Waals surface area contributed by atoms with Crippen molar-refractivity contribution in [3.63, 3.8) is 0 Å². The molecule has 1 aliphatic heterocycles. The molecular weight excluding hydrogens is 278 g/mol. The van der Waals surface area contributed by atoms with Gasteiger partial charge in [0.05, 0.1) is 0 Å². The Hall–Kier alpha value is -1.40. The normalized spacial score (nSPS) is 17.9. The van der Waals surface area contributed by atoms with Gasteiger partial charge in [-0.2, -0.15) is 8.78 Å². The lowest BCUT2D eigenvalue weighted by Crippen LogP contribution is -2.36. The van der Waals surface area contributed by atoms with Crippen molar-refractivity contribution in [1.82, 2.24) is 10.6 Å². The van der Waals surface area contributed by atoms with Crippen LogP contribution < -0.4 is 15.4 Å². The zero-order valence-electron chi connectivity index (χ0n) is 10.1. The van der Waals surface area contributed by atoms with Gasteiger partial charge in [0.1, 0.15) is 5.75 Å². The smallest absolute Gasteiger partial charge is 0.387 e. The molecule has 7 heteroatoms. The summed E-state index contributed by atoms with van der Waals surface area (Å²) in [6.07, 6.45) is 0.901. The van der Waals surface area contributed by atoms with Crippen LogP contribution in [0.2, 0.25) is 0 Å². The predicted molar refractivity (Wildman–Crippen MR) is 69.1 cm³/mol. The Balaban J connectivity index is 0.00000180. The number of alkyl halides is 2. The van der Waals surface area contributed by atoms with Crippen LogP contribution in [0.1, 0.15) is 16.8 Å². The maximum absolute atomic E-state index is 11.9. The van der Waals surface area contributed by atoms with Gasteiger partial charge in [0, 0.05) is 18.2 Å². The minimum absolute atomic E-state index is 0. The van der Waals surface area contributed by atoms with Crippen LogP contribution in [-0.4, -0.2) is 31.7 Å². The largest absolute Gasteiger partial charge is 0.435 e. The summed E-state index contributed by atoms with van der Waals surface area (Å²) >= 11 is 0. The molecule has 1 unspecified atom stereocenters. The number of benzene rings is 1. The van der Waals surface area contributed by atoms with E-state index in [9.17, 15) is 13.6 Å². The van der Waals surface area contributed by atoms with E-state index in [1.54, 1.807) is 0 Å². The molecule has 106 valence electrons. The number of carbonyl (C=O) groups is 1. The first-order chi connectivity index (χ1) is 8.65. The Bertz CT molecular complexity index is 409. The van der Waals surface area contributed by atoms with E-state index in [0.717, 1.165) is 19.5 Å². The van der Waals surface area contributed by atoms with E-state index in [-0.39, 0.29) is 30.1 Å². The lowest BCUT2D eigenvalue weighted by molar-refractivity contribution is -0.0498. The van der Waals surface area contributed by atoms with Gasteiger partial charge in [0.15, 0.2) is 0 Å². The minimum Gasteiger partial charge on any atom is -0.435 e. The summed E-state index contributed by atoms with van der Waals surface area (Å²) in [6, 6.07) is 5.78.